The lowest BCUT2D eigenvalue weighted by atomic mass is 10.0. The van der Waals surface area contributed by atoms with Gasteiger partial charge in [-0.15, -0.1) is 0 Å². The maximum absolute atomic E-state index is 12.5. The first kappa shape index (κ1) is 16.0. The molecule has 4 heteroatoms. The van der Waals surface area contributed by atoms with Crippen LogP contribution in [0.25, 0.3) is 0 Å². The van der Waals surface area contributed by atoms with E-state index in [4.69, 9.17) is 0 Å². The zero-order valence-electron chi connectivity index (χ0n) is 13.2. The summed E-state index contributed by atoms with van der Waals surface area (Å²) in [7, 11) is 0. The fraction of sp³-hybridized carbons (Fsp3) is 0.588. The van der Waals surface area contributed by atoms with Crippen LogP contribution >= 0.6 is 0 Å². The fourth-order valence-electron chi connectivity index (χ4n) is 2.92. The number of carbonyl (C=O) groups excluding carboxylic acids is 1. The van der Waals surface area contributed by atoms with Crippen LogP contribution in [0.3, 0.4) is 0 Å². The second kappa shape index (κ2) is 7.05. The Bertz CT molecular complexity index is 479. The van der Waals surface area contributed by atoms with Gasteiger partial charge in [-0.25, -0.2) is 0 Å². The Morgan fingerprint density at radius 2 is 2.00 bits per heavy atom. The molecule has 0 bridgehead atoms. The molecule has 0 aliphatic carbocycles. The second-order valence-electron chi connectivity index (χ2n) is 5.76. The summed E-state index contributed by atoms with van der Waals surface area (Å²) < 4.78 is 0. The van der Waals surface area contributed by atoms with Crippen molar-refractivity contribution in [2.24, 2.45) is 0 Å². The molecule has 4 nitrogen and oxygen atoms in total. The van der Waals surface area contributed by atoms with Crippen LogP contribution in [0.2, 0.25) is 0 Å². The highest BCUT2D eigenvalue weighted by Gasteiger charge is 2.28. The quantitative estimate of drug-likeness (QED) is 0.874. The molecule has 1 aliphatic rings. The number of hydrogen-bond acceptors (Lipinski definition) is 3. The third-order valence-corrected chi connectivity index (χ3v) is 4.37. The topological polar surface area (TPSA) is 52.6 Å². The molecule has 2 rings (SSSR count). The molecular weight excluding hydrogens is 264 g/mol. The molecule has 1 saturated heterocycles. The van der Waals surface area contributed by atoms with Crippen molar-refractivity contribution in [2.75, 3.05) is 18.4 Å². The lowest BCUT2D eigenvalue weighted by Crippen LogP contribution is -2.41. The summed E-state index contributed by atoms with van der Waals surface area (Å²) in [5, 5.41) is 12.7. The smallest absolute Gasteiger partial charge is 0.241 e. The Labute approximate surface area is 127 Å². The first-order valence-electron chi connectivity index (χ1n) is 7.90. The molecule has 2 unspecified atom stereocenters. The van der Waals surface area contributed by atoms with Gasteiger partial charge >= 0.3 is 0 Å². The SMILES string of the molecule is CCc1cccc(CC)c1NC(=O)C(C)N1CCC(O)C1. The van der Waals surface area contributed by atoms with Crippen LogP contribution < -0.4 is 5.32 Å². The molecule has 1 fully saturated rings. The summed E-state index contributed by atoms with van der Waals surface area (Å²) in [5.41, 5.74) is 3.33. The van der Waals surface area contributed by atoms with Crippen LogP contribution in [0.5, 0.6) is 0 Å². The Balaban J connectivity index is 2.12. The number of nitrogens with zero attached hydrogens (tertiary/aromatic N) is 1. The molecule has 0 saturated carbocycles. The van der Waals surface area contributed by atoms with Crippen LogP contribution in [0.4, 0.5) is 5.69 Å². The van der Waals surface area contributed by atoms with Gasteiger partial charge in [0.15, 0.2) is 0 Å². The van der Waals surface area contributed by atoms with Gasteiger partial charge in [-0.1, -0.05) is 32.0 Å². The molecule has 0 aromatic heterocycles. The summed E-state index contributed by atoms with van der Waals surface area (Å²) in [6, 6.07) is 5.97. The largest absolute Gasteiger partial charge is 0.392 e. The highest BCUT2D eigenvalue weighted by Crippen LogP contribution is 2.23. The van der Waals surface area contributed by atoms with Crippen LogP contribution in [-0.2, 0) is 17.6 Å². The summed E-state index contributed by atoms with van der Waals surface area (Å²) in [4.78, 5) is 14.5. The Hall–Kier alpha value is -1.39. The summed E-state index contributed by atoms with van der Waals surface area (Å²) in [5.74, 6) is 0.0136. The molecule has 0 spiro atoms. The van der Waals surface area contributed by atoms with Crippen LogP contribution in [-0.4, -0.2) is 41.1 Å². The number of β-amino-alcohol motifs (C(OH)–C–C–N with tert-alkyl or cyclic N) is 1. The maximum Gasteiger partial charge on any atom is 0.241 e. The zero-order chi connectivity index (χ0) is 15.4. The molecule has 1 amide bonds. The van der Waals surface area contributed by atoms with Gasteiger partial charge < -0.3 is 10.4 Å². The van der Waals surface area contributed by atoms with Gasteiger partial charge in [-0.2, -0.15) is 0 Å². The van der Waals surface area contributed by atoms with Gasteiger partial charge in [0.25, 0.3) is 0 Å². The molecule has 116 valence electrons. The number of likely N-dealkylation sites (tertiary alicyclic amines) is 1. The van der Waals surface area contributed by atoms with Crippen molar-refractivity contribution in [3.63, 3.8) is 0 Å². The monoisotopic (exact) mass is 290 g/mol. The average Bonchev–Trinajstić information content (AvgIpc) is 2.93. The number of aliphatic hydroxyl groups excluding tert-OH is 1. The highest BCUT2D eigenvalue weighted by atomic mass is 16.3. The first-order chi connectivity index (χ1) is 10.1. The van der Waals surface area contributed by atoms with Crippen molar-refractivity contribution in [1.29, 1.82) is 0 Å². The minimum Gasteiger partial charge on any atom is -0.392 e. The summed E-state index contributed by atoms with van der Waals surface area (Å²) in [6.45, 7) is 7.49. The normalized spacial score (nSPS) is 20.5. The van der Waals surface area contributed by atoms with Gasteiger partial charge in [-0.3, -0.25) is 9.69 Å². The number of carbonyl (C=O) groups is 1. The van der Waals surface area contributed by atoms with E-state index in [-0.39, 0.29) is 18.1 Å². The van der Waals surface area contributed by atoms with E-state index >= 15 is 0 Å². The van der Waals surface area contributed by atoms with Gasteiger partial charge in [0, 0.05) is 18.8 Å². The lowest BCUT2D eigenvalue weighted by Gasteiger charge is -2.24. The molecule has 2 N–H and O–H groups in total. The molecule has 2 atom stereocenters. The lowest BCUT2D eigenvalue weighted by molar-refractivity contribution is -0.120. The Kier molecular flexibility index (Phi) is 5.37. The van der Waals surface area contributed by atoms with Gasteiger partial charge in [0.2, 0.25) is 5.91 Å². The Morgan fingerprint density at radius 3 is 2.48 bits per heavy atom. The van der Waals surface area contributed by atoms with Crippen molar-refractivity contribution in [1.82, 2.24) is 4.90 Å². The zero-order valence-corrected chi connectivity index (χ0v) is 13.2. The van der Waals surface area contributed by atoms with Gasteiger partial charge in [0.1, 0.15) is 0 Å². The number of aliphatic hydroxyl groups is 1. The predicted molar refractivity (Wildman–Crippen MR) is 85.5 cm³/mol. The van der Waals surface area contributed by atoms with Crippen LogP contribution in [0.15, 0.2) is 18.2 Å². The van der Waals surface area contributed by atoms with Crippen molar-refractivity contribution >= 4 is 11.6 Å². The predicted octanol–water partition coefficient (Wildman–Crippen LogP) is 2.21. The number of aryl methyl sites for hydroxylation is 2. The van der Waals surface area contributed by atoms with Gasteiger partial charge in [0.05, 0.1) is 12.1 Å². The standard InChI is InChI=1S/C17H26N2O2/c1-4-13-7-6-8-14(5-2)16(13)18-17(21)12(3)19-10-9-15(20)11-19/h6-8,12,15,20H,4-5,9-11H2,1-3H3,(H,18,21). The van der Waals surface area contributed by atoms with Crippen LogP contribution in [0.1, 0.15) is 38.3 Å². The number of amides is 1. The van der Waals surface area contributed by atoms with E-state index in [1.165, 1.54) is 11.1 Å². The fourth-order valence-corrected chi connectivity index (χ4v) is 2.92. The van der Waals surface area contributed by atoms with Crippen molar-refractivity contribution in [3.05, 3.63) is 29.3 Å². The van der Waals surface area contributed by atoms with E-state index in [9.17, 15) is 9.90 Å². The first-order valence-corrected chi connectivity index (χ1v) is 7.90. The van der Waals surface area contributed by atoms with Gasteiger partial charge in [-0.05, 0) is 37.3 Å². The van der Waals surface area contributed by atoms with E-state index in [0.29, 0.717) is 6.54 Å². The maximum atomic E-state index is 12.5. The van der Waals surface area contributed by atoms with E-state index in [1.807, 2.05) is 17.9 Å². The van der Waals surface area contributed by atoms with Crippen molar-refractivity contribution in [2.45, 2.75) is 52.2 Å². The average molecular weight is 290 g/mol. The number of hydrogen-bond donors (Lipinski definition) is 2. The highest BCUT2D eigenvalue weighted by molar-refractivity contribution is 5.96. The second-order valence-corrected chi connectivity index (χ2v) is 5.76. The minimum atomic E-state index is -0.297. The van der Waals surface area contributed by atoms with E-state index in [0.717, 1.165) is 31.5 Å². The molecule has 1 aromatic rings. The number of benzene rings is 1. The molecule has 1 aromatic carbocycles. The number of para-hydroxylation sites is 1. The minimum absolute atomic E-state index is 0.0136. The Morgan fingerprint density at radius 1 is 1.38 bits per heavy atom. The van der Waals surface area contributed by atoms with E-state index in [1.54, 1.807) is 0 Å². The van der Waals surface area contributed by atoms with Crippen molar-refractivity contribution in [3.8, 4) is 0 Å². The summed E-state index contributed by atoms with van der Waals surface area (Å²) >= 11 is 0. The van der Waals surface area contributed by atoms with Crippen LogP contribution in [0, 0.1) is 0 Å². The number of anilines is 1. The van der Waals surface area contributed by atoms with E-state index in [2.05, 4.69) is 31.3 Å². The molecule has 0 radical (unpaired) electrons. The third kappa shape index (κ3) is 3.63. The molecule has 1 heterocycles. The summed E-state index contributed by atoms with van der Waals surface area (Å²) in [6.07, 6.45) is 2.26. The third-order valence-electron chi connectivity index (χ3n) is 4.37. The molecule has 1 aliphatic heterocycles. The van der Waals surface area contributed by atoms with Crippen molar-refractivity contribution < 1.29 is 9.90 Å². The number of rotatable bonds is 5. The van der Waals surface area contributed by atoms with E-state index < -0.39 is 0 Å². The molecular formula is C17H26N2O2. The molecule has 21 heavy (non-hydrogen) atoms. The number of nitrogens with one attached hydrogen (secondary N) is 1.